The monoisotopic (exact) mass is 366 g/mol. The zero-order valence-corrected chi connectivity index (χ0v) is 13.8. The molecule has 0 radical (unpaired) electrons. The molecular weight excluding hydrogens is 358 g/mol. The van der Waals surface area contributed by atoms with Gasteiger partial charge in [0, 0.05) is 16.0 Å². The molecule has 0 aliphatic rings. The summed E-state index contributed by atoms with van der Waals surface area (Å²) >= 11 is 13.1. The van der Waals surface area contributed by atoms with Crippen molar-refractivity contribution in [1.82, 2.24) is 4.98 Å². The van der Waals surface area contributed by atoms with Crippen molar-refractivity contribution in [3.63, 3.8) is 0 Å². The zero-order chi connectivity index (χ0) is 16.4. The highest BCUT2D eigenvalue weighted by molar-refractivity contribution is 7.14. The fourth-order valence-electron chi connectivity index (χ4n) is 1.95. The molecule has 0 aliphatic heterocycles. The van der Waals surface area contributed by atoms with Crippen LogP contribution >= 0.6 is 34.5 Å². The van der Waals surface area contributed by atoms with Crippen LogP contribution in [0.2, 0.25) is 10.0 Å². The summed E-state index contributed by atoms with van der Waals surface area (Å²) in [5, 5.41) is 5.53. The van der Waals surface area contributed by atoms with Gasteiger partial charge in [-0.1, -0.05) is 35.3 Å². The third kappa shape index (κ3) is 3.69. The Balaban J connectivity index is 1.80. The van der Waals surface area contributed by atoms with E-state index in [-0.39, 0.29) is 16.7 Å². The number of benzene rings is 2. The lowest BCUT2D eigenvalue weighted by molar-refractivity contribution is 0.102. The molecular formula is C16H9Cl2FN2OS. The van der Waals surface area contributed by atoms with Crippen LogP contribution in [0.25, 0.3) is 11.3 Å². The highest BCUT2D eigenvalue weighted by Crippen LogP contribution is 2.27. The second-order valence-electron chi connectivity index (χ2n) is 4.63. The molecule has 0 unspecified atom stereocenters. The first-order valence-corrected chi connectivity index (χ1v) is 8.14. The third-order valence-corrected chi connectivity index (χ3v) is 4.33. The average molecular weight is 367 g/mol. The Kier molecular flexibility index (Phi) is 4.61. The number of hydrogen-bond acceptors (Lipinski definition) is 3. The van der Waals surface area contributed by atoms with Crippen molar-refractivity contribution in [3.8, 4) is 11.3 Å². The van der Waals surface area contributed by atoms with E-state index in [1.54, 1.807) is 29.6 Å². The molecule has 3 nitrogen and oxygen atoms in total. The Bertz CT molecular complexity index is 882. The van der Waals surface area contributed by atoms with Gasteiger partial charge in [0.25, 0.3) is 5.91 Å². The van der Waals surface area contributed by atoms with Gasteiger partial charge in [0.1, 0.15) is 5.82 Å². The van der Waals surface area contributed by atoms with Crippen molar-refractivity contribution in [2.75, 3.05) is 5.32 Å². The van der Waals surface area contributed by atoms with E-state index in [1.807, 2.05) is 0 Å². The number of amides is 1. The van der Waals surface area contributed by atoms with Crippen molar-refractivity contribution in [2.24, 2.45) is 0 Å². The molecule has 3 aromatic rings. The quantitative estimate of drug-likeness (QED) is 0.663. The Morgan fingerprint density at radius 1 is 1.17 bits per heavy atom. The summed E-state index contributed by atoms with van der Waals surface area (Å²) < 4.78 is 13.2. The average Bonchev–Trinajstić information content (AvgIpc) is 2.95. The van der Waals surface area contributed by atoms with Gasteiger partial charge in [0.15, 0.2) is 5.13 Å². The summed E-state index contributed by atoms with van der Waals surface area (Å²) in [4.78, 5) is 16.5. The minimum absolute atomic E-state index is 0.261. The molecule has 0 saturated carbocycles. The van der Waals surface area contributed by atoms with E-state index in [0.717, 1.165) is 0 Å². The number of nitrogens with one attached hydrogen (secondary N) is 1. The van der Waals surface area contributed by atoms with Crippen molar-refractivity contribution in [3.05, 3.63) is 69.3 Å². The van der Waals surface area contributed by atoms with Gasteiger partial charge in [-0.05, 0) is 30.3 Å². The summed E-state index contributed by atoms with van der Waals surface area (Å²) in [5.41, 5.74) is 1.54. The van der Waals surface area contributed by atoms with E-state index in [9.17, 15) is 9.18 Å². The van der Waals surface area contributed by atoms with Crippen LogP contribution < -0.4 is 5.32 Å². The van der Waals surface area contributed by atoms with Crippen LogP contribution in [0.5, 0.6) is 0 Å². The summed E-state index contributed by atoms with van der Waals surface area (Å²) in [6.45, 7) is 0. The fraction of sp³-hybridized carbons (Fsp3) is 0. The molecule has 0 bridgehead atoms. The molecule has 2 aromatic carbocycles. The molecule has 116 valence electrons. The van der Waals surface area contributed by atoms with Gasteiger partial charge in [-0.25, -0.2) is 9.37 Å². The highest BCUT2D eigenvalue weighted by atomic mass is 35.5. The van der Waals surface area contributed by atoms with Gasteiger partial charge < -0.3 is 0 Å². The van der Waals surface area contributed by atoms with E-state index in [2.05, 4.69) is 10.3 Å². The third-order valence-electron chi connectivity index (χ3n) is 3.02. The number of thiazole rings is 1. The summed E-state index contributed by atoms with van der Waals surface area (Å²) in [6, 6.07) is 10.7. The van der Waals surface area contributed by atoms with Gasteiger partial charge in [-0.3, -0.25) is 10.1 Å². The number of carbonyl (C=O) groups is 1. The van der Waals surface area contributed by atoms with Crippen molar-refractivity contribution >= 4 is 45.6 Å². The van der Waals surface area contributed by atoms with Crippen molar-refractivity contribution in [2.45, 2.75) is 0 Å². The van der Waals surface area contributed by atoms with Gasteiger partial charge in [-0.2, -0.15) is 0 Å². The first kappa shape index (κ1) is 15.9. The van der Waals surface area contributed by atoms with Crippen LogP contribution in [-0.2, 0) is 0 Å². The molecule has 1 aromatic heterocycles. The summed E-state index contributed by atoms with van der Waals surface area (Å²) in [6.07, 6.45) is 0. The fourth-order valence-corrected chi connectivity index (χ4v) is 3.16. The maximum absolute atomic E-state index is 13.2. The molecule has 0 fully saturated rings. The number of halogens is 3. The van der Waals surface area contributed by atoms with E-state index < -0.39 is 0 Å². The topological polar surface area (TPSA) is 42.0 Å². The second-order valence-corrected chi connectivity index (χ2v) is 6.33. The molecule has 3 rings (SSSR count). The Hall–Kier alpha value is -1.95. The van der Waals surface area contributed by atoms with Gasteiger partial charge in [0.05, 0.1) is 16.3 Å². The smallest absolute Gasteiger partial charge is 0.258 e. The number of hydrogen-bond donors (Lipinski definition) is 1. The predicted molar refractivity (Wildman–Crippen MR) is 91.9 cm³/mol. The molecule has 1 heterocycles. The first-order chi connectivity index (χ1) is 11.0. The predicted octanol–water partition coefficient (Wildman–Crippen LogP) is 5.51. The lowest BCUT2D eigenvalue weighted by Gasteiger charge is -2.04. The van der Waals surface area contributed by atoms with E-state index in [0.29, 0.717) is 27.0 Å². The molecule has 23 heavy (non-hydrogen) atoms. The van der Waals surface area contributed by atoms with Crippen LogP contribution in [0.15, 0.2) is 47.8 Å². The maximum atomic E-state index is 13.2. The number of anilines is 1. The lowest BCUT2D eigenvalue weighted by Crippen LogP contribution is -2.12. The molecule has 1 N–H and O–H groups in total. The largest absolute Gasteiger partial charge is 0.298 e. The standard InChI is InChI=1S/C16H9Cl2FN2OS/c17-10-4-5-12(13(18)7-10)15(22)21-16-20-14(8-23-16)9-2-1-3-11(19)6-9/h1-8H,(H,20,21,22). The Morgan fingerprint density at radius 2 is 2.00 bits per heavy atom. The summed E-state index contributed by atoms with van der Waals surface area (Å²) in [7, 11) is 0. The van der Waals surface area contributed by atoms with E-state index >= 15 is 0 Å². The van der Waals surface area contributed by atoms with Crippen LogP contribution in [0, 0.1) is 5.82 Å². The van der Waals surface area contributed by atoms with Gasteiger partial charge in [0.2, 0.25) is 0 Å². The molecule has 7 heteroatoms. The Morgan fingerprint density at radius 3 is 2.74 bits per heavy atom. The minimum Gasteiger partial charge on any atom is -0.298 e. The molecule has 0 saturated heterocycles. The van der Waals surface area contributed by atoms with Crippen LogP contribution in [0.4, 0.5) is 9.52 Å². The number of nitrogens with zero attached hydrogens (tertiary/aromatic N) is 1. The zero-order valence-electron chi connectivity index (χ0n) is 11.5. The van der Waals surface area contributed by atoms with E-state index in [1.165, 1.54) is 29.5 Å². The molecule has 1 amide bonds. The minimum atomic E-state index is -0.383. The van der Waals surface area contributed by atoms with Crippen LogP contribution in [-0.4, -0.2) is 10.9 Å². The number of aromatic nitrogens is 1. The number of rotatable bonds is 3. The summed E-state index contributed by atoms with van der Waals surface area (Å²) in [5.74, 6) is -0.721. The molecule has 0 aliphatic carbocycles. The Labute approximate surface area is 145 Å². The maximum Gasteiger partial charge on any atom is 0.258 e. The van der Waals surface area contributed by atoms with E-state index in [4.69, 9.17) is 23.2 Å². The van der Waals surface area contributed by atoms with Crippen LogP contribution in [0.3, 0.4) is 0 Å². The van der Waals surface area contributed by atoms with Crippen molar-refractivity contribution < 1.29 is 9.18 Å². The van der Waals surface area contributed by atoms with Crippen molar-refractivity contribution in [1.29, 1.82) is 0 Å². The second kappa shape index (κ2) is 6.66. The van der Waals surface area contributed by atoms with Gasteiger partial charge in [-0.15, -0.1) is 11.3 Å². The number of carbonyl (C=O) groups excluding carboxylic acids is 1. The highest BCUT2D eigenvalue weighted by Gasteiger charge is 2.13. The lowest BCUT2D eigenvalue weighted by atomic mass is 10.2. The first-order valence-electron chi connectivity index (χ1n) is 6.51. The molecule has 0 atom stereocenters. The normalized spacial score (nSPS) is 10.6. The van der Waals surface area contributed by atoms with Crippen LogP contribution in [0.1, 0.15) is 10.4 Å². The molecule has 0 spiro atoms. The van der Waals surface area contributed by atoms with Gasteiger partial charge >= 0.3 is 0 Å². The SMILES string of the molecule is O=C(Nc1nc(-c2cccc(F)c2)cs1)c1ccc(Cl)cc1Cl.